The highest BCUT2D eigenvalue weighted by molar-refractivity contribution is 6.21. The first-order valence-electron chi connectivity index (χ1n) is 16.0. The summed E-state index contributed by atoms with van der Waals surface area (Å²) in [7, 11) is 0. The number of hydrogen-bond acceptors (Lipinski definition) is 8. The fourth-order valence-electron chi connectivity index (χ4n) is 6.98. The highest BCUT2D eigenvalue weighted by Crippen LogP contribution is 2.41. The standard InChI is InChI=1S/C37H34N6O3/c44-36-30-10-1-2-11-31(30)37(45)43(36)23-25-20-32-34(38-22-25)35(40-24-39-32)42-18-14-29-28(12-6-13-33(29)42)26-8-5-9-27(21-26)46-19-7-17-41-15-3-4-16-41/h1-2,5-6,8-13,20-22,24H,3-4,7,14-19,23H2. The Morgan fingerprint density at radius 1 is 0.783 bits per heavy atom. The number of benzene rings is 3. The number of anilines is 2. The highest BCUT2D eigenvalue weighted by Gasteiger charge is 2.35. The van der Waals surface area contributed by atoms with E-state index in [0.717, 1.165) is 54.3 Å². The van der Waals surface area contributed by atoms with E-state index in [-0.39, 0.29) is 18.4 Å². The molecule has 8 rings (SSSR count). The van der Waals surface area contributed by atoms with Crippen LogP contribution in [-0.2, 0) is 13.0 Å². The smallest absolute Gasteiger partial charge is 0.261 e. The van der Waals surface area contributed by atoms with Gasteiger partial charge in [-0.05, 0) is 97.4 Å². The van der Waals surface area contributed by atoms with Crippen LogP contribution in [0.4, 0.5) is 11.5 Å². The normalized spacial score (nSPS) is 16.0. The molecule has 0 saturated carbocycles. The Hall–Kier alpha value is -5.15. The molecule has 3 aliphatic heterocycles. The third-order valence-electron chi connectivity index (χ3n) is 9.25. The van der Waals surface area contributed by atoms with Crippen LogP contribution in [0.1, 0.15) is 51.1 Å². The lowest BCUT2D eigenvalue weighted by molar-refractivity contribution is 0.0642. The van der Waals surface area contributed by atoms with Crippen LogP contribution in [0.2, 0.25) is 0 Å². The lowest BCUT2D eigenvalue weighted by atomic mass is 9.98. The number of carbonyl (C=O) groups is 2. The molecule has 230 valence electrons. The van der Waals surface area contributed by atoms with Crippen LogP contribution in [0.25, 0.3) is 22.2 Å². The van der Waals surface area contributed by atoms with Crippen LogP contribution in [-0.4, -0.2) is 69.4 Å². The Kier molecular flexibility index (Phi) is 7.38. The van der Waals surface area contributed by atoms with Crippen LogP contribution < -0.4 is 9.64 Å². The summed E-state index contributed by atoms with van der Waals surface area (Å²) in [6.45, 7) is 5.14. The molecule has 3 aromatic carbocycles. The topological polar surface area (TPSA) is 91.8 Å². The molecule has 2 aromatic heterocycles. The number of nitrogens with zero attached hydrogens (tertiary/aromatic N) is 6. The van der Waals surface area contributed by atoms with Crippen molar-refractivity contribution in [3.8, 4) is 16.9 Å². The van der Waals surface area contributed by atoms with Gasteiger partial charge in [0, 0.05) is 25.0 Å². The molecule has 2 amide bonds. The second kappa shape index (κ2) is 12.0. The summed E-state index contributed by atoms with van der Waals surface area (Å²) < 4.78 is 6.16. The van der Waals surface area contributed by atoms with E-state index >= 15 is 0 Å². The maximum absolute atomic E-state index is 12.9. The van der Waals surface area contributed by atoms with E-state index in [9.17, 15) is 9.59 Å². The molecule has 0 atom stereocenters. The van der Waals surface area contributed by atoms with E-state index < -0.39 is 0 Å². The number of aromatic nitrogens is 3. The van der Waals surface area contributed by atoms with Crippen molar-refractivity contribution >= 4 is 34.4 Å². The van der Waals surface area contributed by atoms with Crippen LogP contribution in [0.3, 0.4) is 0 Å². The van der Waals surface area contributed by atoms with Crippen LogP contribution >= 0.6 is 0 Å². The summed E-state index contributed by atoms with van der Waals surface area (Å²) in [6.07, 6.45) is 7.79. The number of rotatable bonds is 9. The zero-order chi connectivity index (χ0) is 31.0. The average Bonchev–Trinajstić information content (AvgIpc) is 3.83. The van der Waals surface area contributed by atoms with E-state index in [4.69, 9.17) is 9.72 Å². The quantitative estimate of drug-likeness (QED) is 0.147. The molecule has 0 bridgehead atoms. The molecule has 46 heavy (non-hydrogen) atoms. The third-order valence-corrected chi connectivity index (χ3v) is 9.25. The second-order valence-electron chi connectivity index (χ2n) is 12.1. The van der Waals surface area contributed by atoms with Gasteiger partial charge in [0.25, 0.3) is 11.8 Å². The molecule has 5 heterocycles. The molecule has 0 N–H and O–H groups in total. The predicted octanol–water partition coefficient (Wildman–Crippen LogP) is 6.05. The third kappa shape index (κ3) is 5.16. The van der Waals surface area contributed by atoms with Gasteiger partial charge in [0.1, 0.15) is 17.6 Å². The molecule has 1 saturated heterocycles. The maximum atomic E-state index is 12.9. The van der Waals surface area contributed by atoms with Crippen LogP contribution in [0, 0.1) is 0 Å². The minimum Gasteiger partial charge on any atom is -0.494 e. The van der Waals surface area contributed by atoms with Crippen molar-refractivity contribution in [1.82, 2.24) is 24.8 Å². The number of imide groups is 1. The maximum Gasteiger partial charge on any atom is 0.261 e. The van der Waals surface area contributed by atoms with Crippen molar-refractivity contribution in [3.63, 3.8) is 0 Å². The van der Waals surface area contributed by atoms with Crippen LogP contribution in [0.15, 0.2) is 85.3 Å². The van der Waals surface area contributed by atoms with Crippen molar-refractivity contribution in [1.29, 1.82) is 0 Å². The minimum absolute atomic E-state index is 0.131. The molecule has 1 fully saturated rings. The number of ether oxygens (including phenoxy) is 1. The van der Waals surface area contributed by atoms with Crippen molar-refractivity contribution in [3.05, 3.63) is 108 Å². The van der Waals surface area contributed by atoms with Crippen molar-refractivity contribution in [2.45, 2.75) is 32.2 Å². The van der Waals surface area contributed by atoms with E-state index in [1.165, 1.54) is 42.0 Å². The fourth-order valence-corrected chi connectivity index (χ4v) is 6.98. The number of hydrogen-bond donors (Lipinski definition) is 0. The van der Waals surface area contributed by atoms with Gasteiger partial charge in [0.05, 0.1) is 29.8 Å². The summed E-state index contributed by atoms with van der Waals surface area (Å²) >= 11 is 0. The summed E-state index contributed by atoms with van der Waals surface area (Å²) in [5.41, 5.74) is 7.64. The zero-order valence-corrected chi connectivity index (χ0v) is 25.6. The van der Waals surface area contributed by atoms with Gasteiger partial charge < -0.3 is 14.5 Å². The van der Waals surface area contributed by atoms with Gasteiger partial charge in [-0.3, -0.25) is 19.5 Å². The Labute approximate surface area is 267 Å². The number of fused-ring (bicyclic) bond motifs is 3. The van der Waals surface area contributed by atoms with Crippen molar-refractivity contribution < 1.29 is 14.3 Å². The predicted molar refractivity (Wildman–Crippen MR) is 176 cm³/mol. The van der Waals surface area contributed by atoms with Gasteiger partial charge in [-0.1, -0.05) is 36.4 Å². The first-order valence-corrected chi connectivity index (χ1v) is 16.0. The minimum atomic E-state index is -0.289. The van der Waals surface area contributed by atoms with Gasteiger partial charge in [0.15, 0.2) is 5.82 Å². The number of carbonyl (C=O) groups excluding carboxylic acids is 2. The Balaban J connectivity index is 1.02. The van der Waals surface area contributed by atoms with Gasteiger partial charge in [-0.15, -0.1) is 0 Å². The van der Waals surface area contributed by atoms with Crippen molar-refractivity contribution in [2.75, 3.05) is 37.7 Å². The first kappa shape index (κ1) is 28.3. The lowest BCUT2D eigenvalue weighted by Crippen LogP contribution is -2.29. The molecule has 9 nitrogen and oxygen atoms in total. The average molecular weight is 611 g/mol. The van der Waals surface area contributed by atoms with Crippen molar-refractivity contribution in [2.24, 2.45) is 0 Å². The summed E-state index contributed by atoms with van der Waals surface area (Å²) in [6, 6.07) is 23.6. The number of likely N-dealkylation sites (tertiary alicyclic amines) is 1. The molecule has 0 aliphatic carbocycles. The summed E-state index contributed by atoms with van der Waals surface area (Å²) in [5.74, 6) is 1.06. The van der Waals surface area contributed by atoms with Gasteiger partial charge in [-0.2, -0.15) is 0 Å². The second-order valence-corrected chi connectivity index (χ2v) is 12.1. The van der Waals surface area contributed by atoms with E-state index in [0.29, 0.717) is 28.8 Å². The molecule has 3 aliphatic rings. The Bertz CT molecular complexity index is 1940. The molecule has 5 aromatic rings. The zero-order valence-electron chi connectivity index (χ0n) is 25.6. The van der Waals surface area contributed by atoms with E-state index in [1.807, 2.05) is 12.1 Å². The van der Waals surface area contributed by atoms with E-state index in [1.54, 1.807) is 36.8 Å². The van der Waals surface area contributed by atoms with E-state index in [2.05, 4.69) is 56.2 Å². The highest BCUT2D eigenvalue weighted by atomic mass is 16.5. The monoisotopic (exact) mass is 610 g/mol. The Morgan fingerprint density at radius 2 is 1.57 bits per heavy atom. The van der Waals surface area contributed by atoms with Crippen LogP contribution in [0.5, 0.6) is 5.75 Å². The van der Waals surface area contributed by atoms with Gasteiger partial charge >= 0.3 is 0 Å². The molecule has 0 unspecified atom stereocenters. The molecule has 0 spiro atoms. The molecular weight excluding hydrogens is 576 g/mol. The molecule has 0 radical (unpaired) electrons. The molecular formula is C37H34N6O3. The fraction of sp³-hybridized carbons (Fsp3) is 0.270. The van der Waals surface area contributed by atoms with Gasteiger partial charge in [0.2, 0.25) is 0 Å². The molecule has 9 heteroatoms. The summed E-state index contributed by atoms with van der Waals surface area (Å²) in [5, 5.41) is 0. The summed E-state index contributed by atoms with van der Waals surface area (Å²) in [4.78, 5) is 45.8. The SMILES string of the molecule is O=C1c2ccccc2C(=O)N1Cc1cnc2c(N3CCc4c(-c5cccc(OCCCN6CCCC6)c5)cccc43)ncnc2c1. The lowest BCUT2D eigenvalue weighted by Gasteiger charge is -2.20. The van der Waals surface area contributed by atoms with Gasteiger partial charge in [-0.25, -0.2) is 9.97 Å². The largest absolute Gasteiger partial charge is 0.494 e. The Morgan fingerprint density at radius 3 is 2.39 bits per heavy atom. The number of pyridine rings is 1. The first-order chi connectivity index (χ1) is 22.6. The number of amides is 2.